The number of nitrogen functional groups attached to an aromatic ring is 2. The minimum Gasteiger partial charge on any atom is -0.444 e. The molecule has 212 valence electrons. The van der Waals surface area contributed by atoms with Crippen LogP contribution in [0.2, 0.25) is 0 Å². The Balaban J connectivity index is 0.000000321. The summed E-state index contributed by atoms with van der Waals surface area (Å²) in [5.41, 5.74) is 17.3. The van der Waals surface area contributed by atoms with Gasteiger partial charge in [0.05, 0.1) is 0 Å². The Morgan fingerprint density at radius 2 is 1.64 bits per heavy atom. The Bertz CT molecular complexity index is 1130. The van der Waals surface area contributed by atoms with Crippen LogP contribution < -0.4 is 16.4 Å². The summed E-state index contributed by atoms with van der Waals surface area (Å²) >= 11 is 0. The summed E-state index contributed by atoms with van der Waals surface area (Å²) in [5.74, 6) is 1.61. The number of ether oxygens (including phenoxy) is 1. The fourth-order valence-electron chi connectivity index (χ4n) is 5.44. The Morgan fingerprint density at radius 3 is 2.13 bits per heavy atom. The highest BCUT2D eigenvalue weighted by atomic mass is 16.6. The van der Waals surface area contributed by atoms with E-state index in [0.717, 1.165) is 36.5 Å². The smallest absolute Gasteiger partial charge is 0.410 e. The van der Waals surface area contributed by atoms with Crippen LogP contribution in [0.4, 0.5) is 21.9 Å². The molecule has 1 fully saturated rings. The first kappa shape index (κ1) is 30.1. The lowest BCUT2D eigenvalue weighted by Gasteiger charge is -2.41. The van der Waals surface area contributed by atoms with Gasteiger partial charge in [-0.15, -0.1) is 0 Å². The summed E-state index contributed by atoms with van der Waals surface area (Å²) in [5, 5.41) is 0. The van der Waals surface area contributed by atoms with E-state index in [2.05, 4.69) is 43.1 Å². The molecule has 7 heteroatoms. The molecule has 0 aromatic heterocycles. The van der Waals surface area contributed by atoms with Gasteiger partial charge < -0.3 is 30.8 Å². The van der Waals surface area contributed by atoms with Crippen LogP contribution in [0.25, 0.3) is 5.57 Å². The molecule has 2 heterocycles. The maximum absolute atomic E-state index is 12.3. The monoisotopic (exact) mass is 534 g/mol. The van der Waals surface area contributed by atoms with E-state index in [1.165, 1.54) is 48.6 Å². The van der Waals surface area contributed by atoms with Crippen LogP contribution in [0.15, 0.2) is 48.5 Å². The molecule has 2 aliphatic heterocycles. The molecule has 39 heavy (non-hydrogen) atoms. The number of aldehydes is 1. The van der Waals surface area contributed by atoms with Gasteiger partial charge >= 0.3 is 6.09 Å². The van der Waals surface area contributed by atoms with Crippen molar-refractivity contribution in [1.29, 1.82) is 0 Å². The third kappa shape index (κ3) is 8.50. The van der Waals surface area contributed by atoms with Gasteiger partial charge in [-0.1, -0.05) is 19.1 Å². The van der Waals surface area contributed by atoms with Gasteiger partial charge in [-0.05, 0) is 118 Å². The third-order valence-corrected chi connectivity index (χ3v) is 7.30. The van der Waals surface area contributed by atoms with E-state index in [4.69, 9.17) is 21.0 Å². The molecule has 1 aliphatic carbocycles. The molecule has 2 aromatic carbocycles. The lowest BCUT2D eigenvalue weighted by atomic mass is 9.83. The number of nitrogens with zero attached hydrogens (tertiary/aromatic N) is 2. The second-order valence-electron chi connectivity index (χ2n) is 11.8. The van der Waals surface area contributed by atoms with E-state index < -0.39 is 5.60 Å². The molecule has 2 aromatic rings. The summed E-state index contributed by atoms with van der Waals surface area (Å²) in [7, 11) is 2.27. The second-order valence-corrected chi connectivity index (χ2v) is 11.8. The van der Waals surface area contributed by atoms with E-state index in [1.54, 1.807) is 29.2 Å². The number of carbonyl (C=O) groups excluding carboxylic acids is 2. The highest BCUT2D eigenvalue weighted by Gasteiger charge is 2.40. The Morgan fingerprint density at radius 1 is 1.05 bits per heavy atom. The summed E-state index contributed by atoms with van der Waals surface area (Å²) in [6, 6.07) is 14.8. The number of amides is 1. The number of rotatable bonds is 2. The van der Waals surface area contributed by atoms with Crippen molar-refractivity contribution in [2.75, 3.05) is 36.5 Å². The Labute approximate surface area is 234 Å². The van der Waals surface area contributed by atoms with E-state index in [-0.39, 0.29) is 6.09 Å². The van der Waals surface area contributed by atoms with Gasteiger partial charge in [-0.25, -0.2) is 4.79 Å². The highest BCUT2D eigenvalue weighted by molar-refractivity contribution is 5.74. The number of anilines is 3. The number of fused-ring (bicyclic) bond motifs is 1. The van der Waals surface area contributed by atoms with Crippen molar-refractivity contribution in [3.63, 3.8) is 0 Å². The lowest BCUT2D eigenvalue weighted by Crippen LogP contribution is -2.43. The van der Waals surface area contributed by atoms with Gasteiger partial charge in [-0.3, -0.25) is 0 Å². The van der Waals surface area contributed by atoms with Gasteiger partial charge in [0, 0.05) is 43.2 Å². The summed E-state index contributed by atoms with van der Waals surface area (Å²) in [6.07, 6.45) is 7.58. The van der Waals surface area contributed by atoms with Crippen LogP contribution in [0.3, 0.4) is 0 Å². The van der Waals surface area contributed by atoms with Gasteiger partial charge in [0.1, 0.15) is 11.9 Å². The first-order valence-corrected chi connectivity index (χ1v) is 14.0. The summed E-state index contributed by atoms with van der Waals surface area (Å²) < 4.78 is 5.50. The van der Waals surface area contributed by atoms with Crippen molar-refractivity contribution >= 4 is 35.0 Å². The topological polar surface area (TPSA) is 102 Å². The SMILES string of the molecule is CC=O.C[C@@H]1Cc2cc(C3=CCN(C(=O)OC(C)(C)C)CC3)ccc2N(C)[C@H]1C1CC1.Nc1ccc(N)cc1. The normalized spacial score (nSPS) is 20.3. The van der Waals surface area contributed by atoms with E-state index in [1.807, 2.05) is 20.8 Å². The minimum atomic E-state index is -0.444. The van der Waals surface area contributed by atoms with Gasteiger partial charge in [0.15, 0.2) is 0 Å². The van der Waals surface area contributed by atoms with E-state index >= 15 is 0 Å². The van der Waals surface area contributed by atoms with E-state index in [9.17, 15) is 4.79 Å². The number of hydrogen-bond acceptors (Lipinski definition) is 6. The van der Waals surface area contributed by atoms with Crippen LogP contribution in [-0.4, -0.2) is 49.1 Å². The van der Waals surface area contributed by atoms with Crippen molar-refractivity contribution in [2.24, 2.45) is 11.8 Å². The molecule has 0 saturated heterocycles. The van der Waals surface area contributed by atoms with Crippen molar-refractivity contribution in [3.05, 3.63) is 59.7 Å². The van der Waals surface area contributed by atoms with E-state index in [0.29, 0.717) is 18.5 Å². The molecular formula is C32H46N4O3. The molecule has 7 nitrogen and oxygen atoms in total. The summed E-state index contributed by atoms with van der Waals surface area (Å²) in [6.45, 7) is 10.9. The number of nitrogens with two attached hydrogens (primary N) is 2. The average Bonchev–Trinajstić information content (AvgIpc) is 3.71. The molecule has 3 aliphatic rings. The lowest BCUT2D eigenvalue weighted by molar-refractivity contribution is -0.106. The molecule has 0 bridgehead atoms. The molecule has 0 radical (unpaired) electrons. The predicted octanol–water partition coefficient (Wildman–Crippen LogP) is 6.17. The first-order chi connectivity index (χ1) is 18.4. The minimum absolute atomic E-state index is 0.213. The maximum atomic E-state index is 12.3. The zero-order valence-corrected chi connectivity index (χ0v) is 24.4. The molecular weight excluding hydrogens is 488 g/mol. The maximum Gasteiger partial charge on any atom is 0.410 e. The van der Waals surface area contributed by atoms with Crippen LogP contribution in [-0.2, 0) is 16.0 Å². The third-order valence-electron chi connectivity index (χ3n) is 7.30. The zero-order chi connectivity index (χ0) is 28.7. The van der Waals surface area contributed by atoms with Crippen molar-refractivity contribution in [1.82, 2.24) is 4.90 Å². The Hall–Kier alpha value is -3.48. The largest absolute Gasteiger partial charge is 0.444 e. The molecule has 5 rings (SSSR count). The fraction of sp³-hybridized carbons (Fsp3) is 0.500. The number of carbonyl (C=O) groups is 2. The molecule has 4 N–H and O–H groups in total. The molecule has 0 unspecified atom stereocenters. The van der Waals surface area contributed by atoms with Gasteiger partial charge in [0.2, 0.25) is 0 Å². The van der Waals surface area contributed by atoms with Crippen LogP contribution >= 0.6 is 0 Å². The number of benzene rings is 2. The summed E-state index contributed by atoms with van der Waals surface area (Å²) in [4.78, 5) is 25.4. The van der Waals surface area contributed by atoms with Crippen molar-refractivity contribution in [2.45, 2.75) is 71.9 Å². The zero-order valence-electron chi connectivity index (χ0n) is 24.4. The first-order valence-electron chi connectivity index (χ1n) is 14.0. The fourth-order valence-corrected chi connectivity index (χ4v) is 5.44. The second kappa shape index (κ2) is 13.0. The molecule has 2 atom stereocenters. The average molecular weight is 535 g/mol. The van der Waals surface area contributed by atoms with Crippen LogP contribution in [0.1, 0.15) is 65.0 Å². The quantitative estimate of drug-likeness (QED) is 0.353. The molecule has 1 saturated carbocycles. The van der Waals surface area contributed by atoms with Gasteiger partial charge in [0.25, 0.3) is 0 Å². The molecule has 1 amide bonds. The van der Waals surface area contributed by atoms with Crippen LogP contribution in [0, 0.1) is 11.8 Å². The van der Waals surface area contributed by atoms with Crippen molar-refractivity contribution in [3.8, 4) is 0 Å². The standard InChI is InChI=1S/C24H34N2O2.C6H8N2.C2H4O/c1-16-14-20-15-19(8-9-21(20)25(5)22(16)18-6-7-18)17-10-12-26(13-11-17)23(27)28-24(2,3)4;7-5-1-2-6(8)4-3-5;1-2-3/h8-10,15-16,18,22H,6-7,11-14H2,1-5H3;1-4H,7-8H2;2H,1H3/t16-,22-;;/m1../s1. The highest BCUT2D eigenvalue weighted by Crippen LogP contribution is 2.45. The molecule has 0 spiro atoms. The Kier molecular flexibility index (Phi) is 10.1. The van der Waals surface area contributed by atoms with Crippen LogP contribution in [0.5, 0.6) is 0 Å². The number of hydrogen-bond donors (Lipinski definition) is 2. The van der Waals surface area contributed by atoms with Crippen molar-refractivity contribution < 1.29 is 14.3 Å². The van der Waals surface area contributed by atoms with Gasteiger partial charge in [-0.2, -0.15) is 0 Å². The predicted molar refractivity (Wildman–Crippen MR) is 162 cm³/mol.